The van der Waals surface area contributed by atoms with E-state index in [-0.39, 0.29) is 10.8 Å². The minimum atomic E-state index is -0.503. The summed E-state index contributed by atoms with van der Waals surface area (Å²) in [5.41, 5.74) is 0.0623. The minimum absolute atomic E-state index is 0.0623. The number of hydrogen-bond donors (Lipinski definition) is 0. The predicted octanol–water partition coefficient (Wildman–Crippen LogP) is 0.860. The Balaban J connectivity index is 2.85. The number of aromatic nitrogens is 2. The maximum atomic E-state index is 11.4. The molecule has 1 amide bonds. The van der Waals surface area contributed by atoms with E-state index < -0.39 is 5.91 Å². The van der Waals surface area contributed by atoms with Crippen LogP contribution in [-0.2, 0) is 0 Å². The molecule has 0 radical (unpaired) electrons. The van der Waals surface area contributed by atoms with Crippen LogP contribution in [-0.4, -0.2) is 41.2 Å². The normalized spacial score (nSPS) is 10.5. The van der Waals surface area contributed by atoms with Gasteiger partial charge in [0.15, 0.2) is 10.8 Å². The van der Waals surface area contributed by atoms with Crippen molar-refractivity contribution < 1.29 is 4.79 Å². The van der Waals surface area contributed by atoms with Crippen molar-refractivity contribution >= 4 is 23.8 Å². The number of hydrogen-bond acceptors (Lipinski definition) is 3. The first-order valence-corrected chi connectivity index (χ1v) is 4.20. The van der Waals surface area contributed by atoms with Crippen LogP contribution in [0.15, 0.2) is 17.4 Å². The van der Waals surface area contributed by atoms with Crippen LogP contribution >= 0.6 is 11.6 Å². The SMILES string of the molecule is CN(C)C=NC(=O)c1nccnc1Cl. The highest BCUT2D eigenvalue weighted by molar-refractivity contribution is 6.32. The molecule has 0 atom stereocenters. The van der Waals surface area contributed by atoms with Gasteiger partial charge in [-0.05, 0) is 0 Å². The van der Waals surface area contributed by atoms with Gasteiger partial charge in [0.2, 0.25) is 0 Å². The molecule has 6 heteroatoms. The van der Waals surface area contributed by atoms with E-state index >= 15 is 0 Å². The maximum absolute atomic E-state index is 11.4. The van der Waals surface area contributed by atoms with Crippen molar-refractivity contribution in [3.63, 3.8) is 0 Å². The molecule has 0 saturated carbocycles. The maximum Gasteiger partial charge on any atom is 0.300 e. The fraction of sp³-hybridized carbons (Fsp3) is 0.250. The second-order valence-corrected chi connectivity index (χ2v) is 3.07. The highest BCUT2D eigenvalue weighted by Gasteiger charge is 2.10. The second kappa shape index (κ2) is 4.66. The molecule has 0 fully saturated rings. The summed E-state index contributed by atoms with van der Waals surface area (Å²) in [7, 11) is 3.52. The molecule has 1 aromatic heterocycles. The van der Waals surface area contributed by atoms with Gasteiger partial charge in [-0.2, -0.15) is 4.99 Å². The van der Waals surface area contributed by atoms with E-state index in [0.717, 1.165) is 0 Å². The van der Waals surface area contributed by atoms with E-state index in [9.17, 15) is 4.79 Å². The number of nitrogens with zero attached hydrogens (tertiary/aromatic N) is 4. The summed E-state index contributed by atoms with van der Waals surface area (Å²) < 4.78 is 0. The van der Waals surface area contributed by atoms with E-state index in [0.29, 0.717) is 0 Å². The molecule has 0 aliphatic heterocycles. The molecule has 5 nitrogen and oxygen atoms in total. The van der Waals surface area contributed by atoms with Gasteiger partial charge in [0.1, 0.15) is 0 Å². The third kappa shape index (κ3) is 2.77. The molecular formula is C8H9ClN4O. The summed E-state index contributed by atoms with van der Waals surface area (Å²) in [6.07, 6.45) is 4.19. The summed E-state index contributed by atoms with van der Waals surface area (Å²) in [6.45, 7) is 0. The van der Waals surface area contributed by atoms with Crippen molar-refractivity contribution in [2.45, 2.75) is 0 Å². The Bertz CT molecular complexity index is 364. The summed E-state index contributed by atoms with van der Waals surface area (Å²) in [5, 5.41) is 0.0633. The molecule has 0 aromatic carbocycles. The molecule has 0 N–H and O–H groups in total. The smallest absolute Gasteiger partial charge is 0.300 e. The van der Waals surface area contributed by atoms with E-state index in [2.05, 4.69) is 15.0 Å². The molecule has 0 aliphatic rings. The molecule has 74 valence electrons. The molecule has 1 aromatic rings. The zero-order chi connectivity index (χ0) is 10.6. The zero-order valence-corrected chi connectivity index (χ0v) is 8.56. The standard InChI is InChI=1S/C8H9ClN4O/c1-13(2)5-12-8(14)6-7(9)11-4-3-10-6/h3-5H,1-2H3. The molecule has 0 unspecified atom stereocenters. The van der Waals surface area contributed by atoms with Crippen LogP contribution in [0.3, 0.4) is 0 Å². The molecular weight excluding hydrogens is 204 g/mol. The van der Waals surface area contributed by atoms with Crippen LogP contribution < -0.4 is 0 Å². The first kappa shape index (κ1) is 10.6. The van der Waals surface area contributed by atoms with Gasteiger partial charge in [0.25, 0.3) is 5.91 Å². The lowest BCUT2D eigenvalue weighted by molar-refractivity contribution is 0.0997. The predicted molar refractivity (Wildman–Crippen MR) is 53.6 cm³/mol. The Labute approximate surface area is 86.5 Å². The van der Waals surface area contributed by atoms with E-state index in [4.69, 9.17) is 11.6 Å². The summed E-state index contributed by atoms with van der Waals surface area (Å²) in [6, 6.07) is 0. The van der Waals surface area contributed by atoms with Crippen molar-refractivity contribution in [3.8, 4) is 0 Å². The van der Waals surface area contributed by atoms with E-state index in [1.165, 1.54) is 18.7 Å². The van der Waals surface area contributed by atoms with Gasteiger partial charge in [-0.25, -0.2) is 9.97 Å². The Kier molecular flexibility index (Phi) is 3.53. The van der Waals surface area contributed by atoms with Crippen LogP contribution in [0.25, 0.3) is 0 Å². The molecule has 14 heavy (non-hydrogen) atoms. The van der Waals surface area contributed by atoms with Crippen molar-refractivity contribution in [2.24, 2.45) is 4.99 Å². The van der Waals surface area contributed by atoms with Gasteiger partial charge >= 0.3 is 0 Å². The fourth-order valence-corrected chi connectivity index (χ4v) is 0.880. The number of amides is 1. The van der Waals surface area contributed by atoms with Crippen molar-refractivity contribution in [2.75, 3.05) is 14.1 Å². The van der Waals surface area contributed by atoms with E-state index in [1.807, 2.05) is 0 Å². The average Bonchev–Trinajstić information content (AvgIpc) is 2.15. The van der Waals surface area contributed by atoms with Gasteiger partial charge in [-0.3, -0.25) is 4.79 Å². The first-order chi connectivity index (χ1) is 6.61. The van der Waals surface area contributed by atoms with Crippen LogP contribution in [0.4, 0.5) is 0 Å². The number of halogens is 1. The van der Waals surface area contributed by atoms with Gasteiger partial charge in [-0.15, -0.1) is 0 Å². The lowest BCUT2D eigenvalue weighted by atomic mass is 10.4. The molecule has 0 spiro atoms. The lowest BCUT2D eigenvalue weighted by Gasteiger charge is -2.01. The monoisotopic (exact) mass is 212 g/mol. The third-order valence-corrected chi connectivity index (χ3v) is 1.54. The van der Waals surface area contributed by atoms with Crippen molar-refractivity contribution in [3.05, 3.63) is 23.2 Å². The number of carbonyl (C=O) groups excluding carboxylic acids is 1. The fourth-order valence-electron chi connectivity index (χ4n) is 0.694. The molecule has 0 saturated heterocycles. The summed E-state index contributed by atoms with van der Waals surface area (Å²) >= 11 is 5.65. The molecule has 0 bridgehead atoms. The van der Waals surface area contributed by atoms with Gasteiger partial charge < -0.3 is 4.90 Å². The quantitative estimate of drug-likeness (QED) is 0.539. The topological polar surface area (TPSA) is 58.5 Å². The minimum Gasteiger partial charge on any atom is -0.369 e. The highest BCUT2D eigenvalue weighted by atomic mass is 35.5. The number of aliphatic imine (C=N–C) groups is 1. The molecule has 1 rings (SSSR count). The van der Waals surface area contributed by atoms with Crippen LogP contribution in [0.5, 0.6) is 0 Å². The first-order valence-electron chi connectivity index (χ1n) is 3.82. The Morgan fingerprint density at radius 1 is 1.50 bits per heavy atom. The van der Waals surface area contributed by atoms with Crippen molar-refractivity contribution in [1.82, 2.24) is 14.9 Å². The zero-order valence-electron chi connectivity index (χ0n) is 7.81. The molecule has 0 aliphatic carbocycles. The Morgan fingerprint density at radius 2 is 2.14 bits per heavy atom. The lowest BCUT2D eigenvalue weighted by Crippen LogP contribution is -2.10. The van der Waals surface area contributed by atoms with Crippen molar-refractivity contribution in [1.29, 1.82) is 0 Å². The Morgan fingerprint density at radius 3 is 2.71 bits per heavy atom. The van der Waals surface area contributed by atoms with Crippen LogP contribution in [0.2, 0.25) is 5.15 Å². The third-order valence-electron chi connectivity index (χ3n) is 1.26. The largest absolute Gasteiger partial charge is 0.369 e. The van der Waals surface area contributed by atoms with E-state index in [1.54, 1.807) is 19.0 Å². The summed E-state index contributed by atoms with van der Waals surface area (Å²) in [4.78, 5) is 24.1. The number of carbonyl (C=O) groups is 1. The van der Waals surface area contributed by atoms with Gasteiger partial charge in [0.05, 0.1) is 6.34 Å². The average molecular weight is 213 g/mol. The van der Waals surface area contributed by atoms with Gasteiger partial charge in [0, 0.05) is 26.5 Å². The summed E-state index contributed by atoms with van der Waals surface area (Å²) in [5.74, 6) is -0.503. The molecule has 1 heterocycles. The Hall–Kier alpha value is -1.49. The van der Waals surface area contributed by atoms with Crippen LogP contribution in [0.1, 0.15) is 10.5 Å². The second-order valence-electron chi connectivity index (χ2n) is 2.71. The van der Waals surface area contributed by atoms with Gasteiger partial charge in [-0.1, -0.05) is 11.6 Å². The number of rotatable bonds is 2. The van der Waals surface area contributed by atoms with Crippen LogP contribution in [0, 0.1) is 0 Å². The highest BCUT2D eigenvalue weighted by Crippen LogP contribution is 2.09.